The lowest BCUT2D eigenvalue weighted by Gasteiger charge is -2.15. The average molecular weight is 501 g/mol. The summed E-state index contributed by atoms with van der Waals surface area (Å²) < 4.78 is 24.1. The van der Waals surface area contributed by atoms with Crippen molar-refractivity contribution in [3.8, 4) is 22.4 Å². The number of nitrogen functional groups attached to an aromatic ring is 1. The van der Waals surface area contributed by atoms with Crippen LogP contribution in [0, 0.1) is 18.2 Å². The SMILES string of the molecule is COCCOCCN/C=C(\C=N)c1cc(-c2ccc3ncnc(C)c3c2)c(-c2ccc(F)cc2)nc1N. The first-order valence-corrected chi connectivity index (χ1v) is 11.8. The number of hydrogen-bond acceptors (Lipinski definition) is 8. The first kappa shape index (κ1) is 25.9. The Balaban J connectivity index is 1.76. The van der Waals surface area contributed by atoms with Gasteiger partial charge in [0.05, 0.1) is 31.0 Å². The monoisotopic (exact) mass is 500 g/mol. The van der Waals surface area contributed by atoms with Crippen molar-refractivity contribution in [3.05, 3.63) is 78.1 Å². The van der Waals surface area contributed by atoms with Crippen molar-refractivity contribution < 1.29 is 13.9 Å². The number of hydrogen-bond donors (Lipinski definition) is 3. The Morgan fingerprint density at radius 2 is 1.84 bits per heavy atom. The Labute approximate surface area is 214 Å². The molecule has 4 N–H and O–H groups in total. The minimum Gasteiger partial charge on any atom is -0.388 e. The quantitative estimate of drug-likeness (QED) is 0.203. The van der Waals surface area contributed by atoms with Crippen LogP contribution in [0.15, 0.2) is 61.1 Å². The van der Waals surface area contributed by atoms with E-state index in [4.69, 9.17) is 25.6 Å². The summed E-state index contributed by atoms with van der Waals surface area (Å²) in [6.45, 7) is 4.03. The molecule has 0 aliphatic carbocycles. The Morgan fingerprint density at radius 1 is 1.05 bits per heavy atom. The fourth-order valence-electron chi connectivity index (χ4n) is 3.91. The minimum absolute atomic E-state index is 0.260. The molecule has 37 heavy (non-hydrogen) atoms. The summed E-state index contributed by atoms with van der Waals surface area (Å²) in [6, 6.07) is 14.0. The number of ether oxygens (including phenoxy) is 2. The summed E-state index contributed by atoms with van der Waals surface area (Å²) in [6.07, 6.45) is 4.49. The molecule has 0 aliphatic heterocycles. The maximum Gasteiger partial charge on any atom is 0.132 e. The van der Waals surface area contributed by atoms with Crippen LogP contribution in [0.3, 0.4) is 0 Å². The summed E-state index contributed by atoms with van der Waals surface area (Å²) in [5.41, 5.74) is 12.3. The number of pyridine rings is 1. The minimum atomic E-state index is -0.334. The Kier molecular flexibility index (Phi) is 8.50. The molecule has 0 amide bonds. The van der Waals surface area contributed by atoms with E-state index in [-0.39, 0.29) is 11.6 Å². The number of anilines is 1. The number of fused-ring (bicyclic) bond motifs is 1. The van der Waals surface area contributed by atoms with Gasteiger partial charge < -0.3 is 25.9 Å². The molecule has 0 saturated carbocycles. The Bertz CT molecular complexity index is 1420. The van der Waals surface area contributed by atoms with E-state index in [0.717, 1.165) is 33.3 Å². The predicted molar refractivity (Wildman–Crippen MR) is 145 cm³/mol. The molecule has 9 heteroatoms. The molecule has 0 radical (unpaired) electrons. The summed E-state index contributed by atoms with van der Waals surface area (Å²) in [4.78, 5) is 13.4. The van der Waals surface area contributed by atoms with Gasteiger partial charge in [0, 0.05) is 59.4 Å². The van der Waals surface area contributed by atoms with Gasteiger partial charge in [-0.05, 0) is 55.0 Å². The van der Waals surface area contributed by atoms with E-state index in [1.807, 2.05) is 31.2 Å². The van der Waals surface area contributed by atoms with Gasteiger partial charge in [-0.2, -0.15) is 0 Å². The summed E-state index contributed by atoms with van der Waals surface area (Å²) in [5, 5.41) is 12.1. The molecular formula is C28H29FN6O2. The summed E-state index contributed by atoms with van der Waals surface area (Å²) in [5.74, 6) is -0.0732. The van der Waals surface area contributed by atoms with Gasteiger partial charge in [-0.15, -0.1) is 0 Å². The number of nitrogens with zero attached hydrogens (tertiary/aromatic N) is 3. The largest absolute Gasteiger partial charge is 0.388 e. The van der Waals surface area contributed by atoms with Gasteiger partial charge in [0.1, 0.15) is 18.0 Å². The molecule has 0 unspecified atom stereocenters. The number of methoxy groups -OCH3 is 1. The zero-order valence-electron chi connectivity index (χ0n) is 20.8. The lowest BCUT2D eigenvalue weighted by molar-refractivity contribution is 0.0730. The second-order valence-electron chi connectivity index (χ2n) is 8.32. The van der Waals surface area contributed by atoms with Crippen LogP contribution < -0.4 is 11.1 Å². The molecule has 4 rings (SSSR count). The third-order valence-corrected chi connectivity index (χ3v) is 5.86. The number of nitrogens with one attached hydrogen (secondary N) is 2. The lowest BCUT2D eigenvalue weighted by atomic mass is 9.94. The number of benzene rings is 2. The standard InChI is InChI=1S/C28H29FN6O2/c1-18-23-13-20(5-8-26(23)34-17-33-18)24-14-25(21(15-30)16-32-9-10-37-12-11-36-2)28(31)35-27(24)19-3-6-22(29)7-4-19/h3-8,13-17,30,32H,9-12H2,1-2H3,(H2,31,35)/b21-16+,30-15?. The van der Waals surface area contributed by atoms with Gasteiger partial charge in [0.2, 0.25) is 0 Å². The highest BCUT2D eigenvalue weighted by atomic mass is 19.1. The molecule has 0 fully saturated rings. The van der Waals surface area contributed by atoms with Crippen molar-refractivity contribution in [2.24, 2.45) is 0 Å². The normalized spacial score (nSPS) is 11.6. The van der Waals surface area contributed by atoms with Crippen molar-refractivity contribution in [2.45, 2.75) is 6.92 Å². The number of aryl methyl sites for hydroxylation is 1. The van der Waals surface area contributed by atoms with E-state index in [0.29, 0.717) is 43.2 Å². The zero-order chi connectivity index (χ0) is 26.2. The molecule has 190 valence electrons. The van der Waals surface area contributed by atoms with Crippen LogP contribution in [0.1, 0.15) is 11.3 Å². The number of aromatic nitrogens is 3. The third kappa shape index (κ3) is 6.14. The van der Waals surface area contributed by atoms with Gasteiger partial charge in [0.25, 0.3) is 0 Å². The maximum absolute atomic E-state index is 13.7. The fraction of sp³-hybridized carbons (Fsp3) is 0.214. The van der Waals surface area contributed by atoms with E-state index in [9.17, 15) is 4.39 Å². The van der Waals surface area contributed by atoms with Gasteiger partial charge >= 0.3 is 0 Å². The second-order valence-corrected chi connectivity index (χ2v) is 8.32. The molecule has 8 nitrogen and oxygen atoms in total. The first-order valence-electron chi connectivity index (χ1n) is 11.8. The molecule has 0 atom stereocenters. The molecule has 0 bridgehead atoms. The topological polar surface area (TPSA) is 119 Å². The van der Waals surface area contributed by atoms with Gasteiger partial charge in [-0.25, -0.2) is 19.3 Å². The van der Waals surface area contributed by atoms with Crippen LogP contribution in [0.4, 0.5) is 10.2 Å². The van der Waals surface area contributed by atoms with Crippen molar-refractivity contribution in [1.29, 1.82) is 5.41 Å². The van der Waals surface area contributed by atoms with E-state index >= 15 is 0 Å². The molecule has 2 aromatic carbocycles. The maximum atomic E-state index is 13.7. The van der Waals surface area contributed by atoms with Crippen molar-refractivity contribution in [2.75, 3.05) is 39.2 Å². The van der Waals surface area contributed by atoms with Crippen LogP contribution in [0.25, 0.3) is 38.9 Å². The van der Waals surface area contributed by atoms with Gasteiger partial charge in [0.15, 0.2) is 0 Å². The first-order chi connectivity index (χ1) is 18.0. The van der Waals surface area contributed by atoms with E-state index < -0.39 is 0 Å². The molecule has 0 spiro atoms. The Morgan fingerprint density at radius 3 is 2.59 bits per heavy atom. The van der Waals surface area contributed by atoms with Crippen LogP contribution in [0.5, 0.6) is 0 Å². The van der Waals surface area contributed by atoms with Crippen LogP contribution >= 0.6 is 0 Å². The highest BCUT2D eigenvalue weighted by Crippen LogP contribution is 2.36. The highest BCUT2D eigenvalue weighted by Gasteiger charge is 2.16. The molecule has 0 aliphatic rings. The average Bonchev–Trinajstić information content (AvgIpc) is 2.91. The Hall–Kier alpha value is -4.21. The number of halogens is 1. The van der Waals surface area contributed by atoms with Crippen molar-refractivity contribution in [1.82, 2.24) is 20.3 Å². The van der Waals surface area contributed by atoms with Crippen LogP contribution in [-0.4, -0.2) is 54.6 Å². The number of rotatable bonds is 11. The van der Waals surface area contributed by atoms with E-state index in [1.54, 1.807) is 31.8 Å². The van der Waals surface area contributed by atoms with Crippen molar-refractivity contribution >= 4 is 28.5 Å². The molecule has 2 heterocycles. The van der Waals surface area contributed by atoms with E-state index in [1.165, 1.54) is 18.3 Å². The number of nitrogens with two attached hydrogens (primary N) is 1. The highest BCUT2D eigenvalue weighted by molar-refractivity contribution is 6.10. The molecule has 4 aromatic rings. The van der Waals surface area contributed by atoms with Crippen LogP contribution in [0.2, 0.25) is 0 Å². The van der Waals surface area contributed by atoms with Gasteiger partial charge in [-0.1, -0.05) is 6.07 Å². The predicted octanol–water partition coefficient (Wildman–Crippen LogP) is 4.63. The van der Waals surface area contributed by atoms with Crippen molar-refractivity contribution in [3.63, 3.8) is 0 Å². The third-order valence-electron chi connectivity index (χ3n) is 5.86. The molecule has 2 aromatic heterocycles. The van der Waals surface area contributed by atoms with Gasteiger partial charge in [-0.3, -0.25) is 0 Å². The summed E-state index contributed by atoms with van der Waals surface area (Å²) in [7, 11) is 1.63. The molecular weight excluding hydrogens is 471 g/mol. The van der Waals surface area contributed by atoms with E-state index in [2.05, 4.69) is 15.3 Å². The second kappa shape index (κ2) is 12.2. The molecule has 0 saturated heterocycles. The fourth-order valence-corrected chi connectivity index (χ4v) is 3.91. The lowest BCUT2D eigenvalue weighted by Crippen LogP contribution is -2.16. The smallest absolute Gasteiger partial charge is 0.132 e. The summed E-state index contributed by atoms with van der Waals surface area (Å²) >= 11 is 0. The zero-order valence-corrected chi connectivity index (χ0v) is 20.8. The number of allylic oxidation sites excluding steroid dienone is 1. The van der Waals surface area contributed by atoms with Crippen LogP contribution in [-0.2, 0) is 9.47 Å².